The number of aryl methyl sites for hydroxylation is 1. The maximum atomic E-state index is 12.6. The summed E-state index contributed by atoms with van der Waals surface area (Å²) in [7, 11) is 1.64. The summed E-state index contributed by atoms with van der Waals surface area (Å²) in [5.74, 6) is 0.753. The first-order valence-electron chi connectivity index (χ1n) is 9.11. The second kappa shape index (κ2) is 7.84. The highest BCUT2D eigenvalue weighted by Gasteiger charge is 2.20. The standard InChI is InChI=1S/C22H22N2O2S/c1-26-18-9-4-6-16(14-18)15-23-22(25)20-11-12-21(27-20)24-13-5-8-17-7-2-3-10-19(17)24/h2-4,6-7,9-12,14H,5,8,13,15H2,1H3,(H,23,25). The van der Waals surface area contributed by atoms with E-state index in [2.05, 4.69) is 34.5 Å². The molecule has 0 saturated heterocycles. The molecule has 3 aromatic rings. The van der Waals surface area contributed by atoms with Crippen LogP contribution >= 0.6 is 11.3 Å². The fourth-order valence-electron chi connectivity index (χ4n) is 3.41. The summed E-state index contributed by atoms with van der Waals surface area (Å²) >= 11 is 1.54. The second-order valence-corrected chi connectivity index (χ2v) is 7.62. The number of nitrogens with zero attached hydrogens (tertiary/aromatic N) is 1. The summed E-state index contributed by atoms with van der Waals surface area (Å²) in [6, 6.07) is 20.2. The van der Waals surface area contributed by atoms with Gasteiger partial charge in [-0.25, -0.2) is 0 Å². The number of hydrogen-bond acceptors (Lipinski definition) is 4. The molecule has 2 aromatic carbocycles. The predicted molar refractivity (Wildman–Crippen MR) is 110 cm³/mol. The summed E-state index contributed by atoms with van der Waals surface area (Å²) < 4.78 is 5.23. The Morgan fingerprint density at radius 3 is 2.93 bits per heavy atom. The molecule has 4 nitrogen and oxygen atoms in total. The lowest BCUT2D eigenvalue weighted by molar-refractivity contribution is 0.0955. The number of amides is 1. The SMILES string of the molecule is COc1cccc(CNC(=O)c2ccc(N3CCCc4ccccc43)s2)c1. The average molecular weight is 378 g/mol. The maximum Gasteiger partial charge on any atom is 0.261 e. The Balaban J connectivity index is 1.45. The van der Waals surface area contributed by atoms with Crippen LogP contribution in [0.2, 0.25) is 0 Å². The van der Waals surface area contributed by atoms with Crippen LogP contribution in [0.3, 0.4) is 0 Å². The molecule has 27 heavy (non-hydrogen) atoms. The molecule has 1 aromatic heterocycles. The van der Waals surface area contributed by atoms with Gasteiger partial charge in [-0.3, -0.25) is 4.79 Å². The minimum Gasteiger partial charge on any atom is -0.497 e. The topological polar surface area (TPSA) is 41.6 Å². The Hall–Kier alpha value is -2.79. The third-order valence-corrected chi connectivity index (χ3v) is 5.89. The maximum absolute atomic E-state index is 12.6. The molecule has 0 aliphatic carbocycles. The number of carbonyl (C=O) groups is 1. The number of para-hydroxylation sites is 1. The number of methoxy groups -OCH3 is 1. The number of carbonyl (C=O) groups excluding carboxylic acids is 1. The van der Waals surface area contributed by atoms with E-state index in [-0.39, 0.29) is 5.91 Å². The highest BCUT2D eigenvalue weighted by atomic mass is 32.1. The Bertz CT molecular complexity index is 951. The molecular weight excluding hydrogens is 356 g/mol. The number of rotatable bonds is 5. The van der Waals surface area contributed by atoms with Crippen molar-refractivity contribution in [1.82, 2.24) is 5.32 Å². The van der Waals surface area contributed by atoms with Crippen molar-refractivity contribution in [2.75, 3.05) is 18.6 Å². The zero-order chi connectivity index (χ0) is 18.6. The second-order valence-electron chi connectivity index (χ2n) is 6.56. The van der Waals surface area contributed by atoms with Crippen molar-refractivity contribution < 1.29 is 9.53 Å². The fraction of sp³-hybridized carbons (Fsp3) is 0.227. The lowest BCUT2D eigenvalue weighted by Crippen LogP contribution is -2.23. The summed E-state index contributed by atoms with van der Waals surface area (Å²) in [4.78, 5) is 15.6. The first-order chi connectivity index (χ1) is 13.2. The monoisotopic (exact) mass is 378 g/mol. The Morgan fingerprint density at radius 2 is 2.04 bits per heavy atom. The molecule has 0 atom stereocenters. The zero-order valence-electron chi connectivity index (χ0n) is 15.3. The van der Waals surface area contributed by atoms with E-state index < -0.39 is 0 Å². The molecule has 1 aliphatic heterocycles. The Kier molecular flexibility index (Phi) is 5.12. The van der Waals surface area contributed by atoms with Crippen LogP contribution in [-0.2, 0) is 13.0 Å². The van der Waals surface area contributed by atoms with E-state index in [4.69, 9.17) is 4.74 Å². The molecule has 5 heteroatoms. The van der Waals surface area contributed by atoms with E-state index in [1.807, 2.05) is 36.4 Å². The molecule has 0 radical (unpaired) electrons. The van der Waals surface area contributed by atoms with Crippen molar-refractivity contribution in [1.29, 1.82) is 0 Å². The van der Waals surface area contributed by atoms with Crippen LogP contribution in [0.4, 0.5) is 10.7 Å². The number of fused-ring (bicyclic) bond motifs is 1. The highest BCUT2D eigenvalue weighted by molar-refractivity contribution is 7.18. The van der Waals surface area contributed by atoms with E-state index in [9.17, 15) is 4.79 Å². The minimum atomic E-state index is -0.0423. The Morgan fingerprint density at radius 1 is 1.15 bits per heavy atom. The average Bonchev–Trinajstić information content (AvgIpc) is 3.22. The van der Waals surface area contributed by atoms with Crippen LogP contribution in [0.5, 0.6) is 5.75 Å². The van der Waals surface area contributed by atoms with Gasteiger partial charge in [0.15, 0.2) is 0 Å². The molecule has 1 N–H and O–H groups in total. The lowest BCUT2D eigenvalue weighted by atomic mass is 10.0. The summed E-state index contributed by atoms with van der Waals surface area (Å²) in [6.45, 7) is 1.47. The first-order valence-corrected chi connectivity index (χ1v) is 9.92. The van der Waals surface area contributed by atoms with Gasteiger partial charge in [0.25, 0.3) is 5.91 Å². The fourth-order valence-corrected chi connectivity index (χ4v) is 4.37. The van der Waals surface area contributed by atoms with E-state index >= 15 is 0 Å². The summed E-state index contributed by atoms with van der Waals surface area (Å²) in [5, 5.41) is 4.12. The van der Waals surface area contributed by atoms with Crippen molar-refractivity contribution in [3.05, 3.63) is 76.7 Å². The van der Waals surface area contributed by atoms with Crippen molar-refractivity contribution >= 4 is 27.9 Å². The number of hydrogen-bond donors (Lipinski definition) is 1. The predicted octanol–water partition coefficient (Wildman–Crippen LogP) is 4.77. The molecule has 1 amide bonds. The molecule has 1 aliphatic rings. The van der Waals surface area contributed by atoms with E-state index in [0.717, 1.165) is 40.6 Å². The molecule has 2 heterocycles. The van der Waals surface area contributed by atoms with Crippen LogP contribution in [0.15, 0.2) is 60.7 Å². The molecule has 4 rings (SSSR count). The number of ether oxygens (including phenoxy) is 1. The third-order valence-electron chi connectivity index (χ3n) is 4.78. The minimum absolute atomic E-state index is 0.0423. The third kappa shape index (κ3) is 3.83. The molecule has 138 valence electrons. The quantitative estimate of drug-likeness (QED) is 0.695. The summed E-state index contributed by atoms with van der Waals surface area (Å²) in [5.41, 5.74) is 3.65. The van der Waals surface area contributed by atoms with Gasteiger partial charge in [0.1, 0.15) is 5.75 Å². The van der Waals surface area contributed by atoms with Crippen LogP contribution in [0.25, 0.3) is 0 Å². The van der Waals surface area contributed by atoms with Gasteiger partial charge in [-0.1, -0.05) is 30.3 Å². The van der Waals surface area contributed by atoms with Crippen molar-refractivity contribution in [3.63, 3.8) is 0 Å². The molecular formula is C22H22N2O2S. The molecule has 0 bridgehead atoms. The van der Waals surface area contributed by atoms with Gasteiger partial charge < -0.3 is 15.0 Å². The number of anilines is 2. The molecule has 0 saturated carbocycles. The number of benzene rings is 2. The van der Waals surface area contributed by atoms with Crippen molar-refractivity contribution in [3.8, 4) is 5.75 Å². The molecule has 0 fully saturated rings. The largest absolute Gasteiger partial charge is 0.497 e. The zero-order valence-corrected chi connectivity index (χ0v) is 16.1. The Labute approximate surface area is 163 Å². The van der Waals surface area contributed by atoms with E-state index in [0.29, 0.717) is 6.54 Å². The van der Waals surface area contributed by atoms with Gasteiger partial charge in [0.2, 0.25) is 0 Å². The van der Waals surface area contributed by atoms with Crippen LogP contribution in [-0.4, -0.2) is 19.6 Å². The van der Waals surface area contributed by atoms with E-state index in [1.54, 1.807) is 18.4 Å². The smallest absolute Gasteiger partial charge is 0.261 e. The highest BCUT2D eigenvalue weighted by Crippen LogP contribution is 2.37. The molecule has 0 spiro atoms. The van der Waals surface area contributed by atoms with Gasteiger partial charge in [-0.05, 0) is 54.3 Å². The van der Waals surface area contributed by atoms with Crippen LogP contribution in [0, 0.1) is 0 Å². The van der Waals surface area contributed by atoms with Gasteiger partial charge in [0.05, 0.1) is 17.0 Å². The number of nitrogens with one attached hydrogen (secondary N) is 1. The van der Waals surface area contributed by atoms with Gasteiger partial charge in [-0.2, -0.15) is 0 Å². The van der Waals surface area contributed by atoms with Gasteiger partial charge in [-0.15, -0.1) is 11.3 Å². The number of thiophene rings is 1. The van der Waals surface area contributed by atoms with Crippen LogP contribution < -0.4 is 15.0 Å². The normalized spacial score (nSPS) is 13.1. The van der Waals surface area contributed by atoms with E-state index in [1.165, 1.54) is 11.3 Å². The van der Waals surface area contributed by atoms with Crippen LogP contribution in [0.1, 0.15) is 27.2 Å². The summed E-state index contributed by atoms with van der Waals surface area (Å²) in [6.07, 6.45) is 2.25. The van der Waals surface area contributed by atoms with Crippen molar-refractivity contribution in [2.24, 2.45) is 0 Å². The first kappa shape index (κ1) is 17.6. The lowest BCUT2D eigenvalue weighted by Gasteiger charge is -2.30. The van der Waals surface area contributed by atoms with Gasteiger partial charge in [0, 0.05) is 18.8 Å². The van der Waals surface area contributed by atoms with Crippen molar-refractivity contribution in [2.45, 2.75) is 19.4 Å². The van der Waals surface area contributed by atoms with Gasteiger partial charge >= 0.3 is 0 Å². The molecule has 0 unspecified atom stereocenters.